The van der Waals surface area contributed by atoms with Crippen LogP contribution in [0.15, 0.2) is 17.0 Å². The summed E-state index contributed by atoms with van der Waals surface area (Å²) in [6.45, 7) is 4.58. The van der Waals surface area contributed by atoms with Crippen molar-refractivity contribution in [1.82, 2.24) is 14.1 Å². The lowest BCUT2D eigenvalue weighted by atomic mass is 10.1. The number of aryl methyl sites for hydroxylation is 2. The van der Waals surface area contributed by atoms with Crippen LogP contribution in [0, 0.1) is 13.8 Å². The number of hydrogen-bond donors (Lipinski definition) is 1. The Kier molecular flexibility index (Phi) is 8.04. The molecule has 1 aromatic carbocycles. The molecule has 30 heavy (non-hydrogen) atoms. The molecule has 0 saturated carbocycles. The van der Waals surface area contributed by atoms with E-state index in [0.29, 0.717) is 30.0 Å². The number of carboxylic acid groups (broad SMARTS) is 1. The second-order valence-corrected chi connectivity index (χ2v) is 9.10. The molecule has 168 valence electrons. The van der Waals surface area contributed by atoms with E-state index in [1.807, 2.05) is 0 Å². The molecular weight excluding hydrogens is 414 g/mol. The number of carbonyl (C=O) groups excluding carboxylic acids is 1. The molecule has 0 aliphatic carbocycles. The molecule has 0 unspecified atom stereocenters. The van der Waals surface area contributed by atoms with Crippen LogP contribution in [0.25, 0.3) is 0 Å². The topological polar surface area (TPSA) is 117 Å². The lowest BCUT2D eigenvalue weighted by Gasteiger charge is -2.33. The number of ether oxygens (including phenoxy) is 2. The minimum atomic E-state index is -3.72. The lowest BCUT2D eigenvalue weighted by molar-refractivity contribution is -0.137. The van der Waals surface area contributed by atoms with Gasteiger partial charge in [0.05, 0.1) is 18.6 Å². The first-order chi connectivity index (χ1) is 14.1. The third-order valence-electron chi connectivity index (χ3n) is 5.02. The maximum absolute atomic E-state index is 12.9. The second kappa shape index (κ2) is 10.1. The first-order valence-corrected chi connectivity index (χ1v) is 11.0. The average Bonchev–Trinajstić information content (AvgIpc) is 2.69. The Morgan fingerprint density at radius 2 is 1.63 bits per heavy atom. The predicted octanol–water partition coefficient (Wildman–Crippen LogP) is 0.771. The summed E-state index contributed by atoms with van der Waals surface area (Å²) < 4.78 is 37.6. The molecule has 1 fully saturated rings. The molecule has 2 rings (SSSR count). The van der Waals surface area contributed by atoms with Crippen LogP contribution in [-0.4, -0.2) is 99.7 Å². The number of methoxy groups -OCH3 is 1. The van der Waals surface area contributed by atoms with Gasteiger partial charge in [0.25, 0.3) is 0 Å². The summed E-state index contributed by atoms with van der Waals surface area (Å²) in [4.78, 5) is 26.1. The molecule has 1 aliphatic rings. The van der Waals surface area contributed by atoms with Gasteiger partial charge >= 0.3 is 6.09 Å². The zero-order valence-corrected chi connectivity index (χ0v) is 18.6. The zero-order chi connectivity index (χ0) is 22.5. The van der Waals surface area contributed by atoms with Gasteiger partial charge in [-0.2, -0.15) is 4.31 Å². The molecule has 1 aliphatic heterocycles. The maximum Gasteiger partial charge on any atom is 0.407 e. The molecule has 1 N–H and O–H groups in total. The van der Waals surface area contributed by atoms with E-state index >= 15 is 0 Å². The minimum Gasteiger partial charge on any atom is -0.497 e. The van der Waals surface area contributed by atoms with Gasteiger partial charge in [-0.05, 0) is 37.1 Å². The van der Waals surface area contributed by atoms with Gasteiger partial charge < -0.3 is 24.4 Å². The van der Waals surface area contributed by atoms with Gasteiger partial charge in [0, 0.05) is 39.8 Å². The average molecular weight is 444 g/mol. The molecule has 0 spiro atoms. The van der Waals surface area contributed by atoms with E-state index < -0.39 is 16.1 Å². The number of hydrogen-bond acceptors (Lipinski definition) is 6. The van der Waals surface area contributed by atoms with Gasteiger partial charge in [0.15, 0.2) is 0 Å². The molecule has 11 heteroatoms. The van der Waals surface area contributed by atoms with Gasteiger partial charge in [-0.3, -0.25) is 4.79 Å². The Morgan fingerprint density at radius 3 is 2.13 bits per heavy atom. The van der Waals surface area contributed by atoms with Crippen molar-refractivity contribution < 1.29 is 32.6 Å². The Morgan fingerprint density at radius 1 is 1.10 bits per heavy atom. The van der Waals surface area contributed by atoms with E-state index in [-0.39, 0.29) is 43.7 Å². The number of benzene rings is 1. The van der Waals surface area contributed by atoms with Crippen LogP contribution in [0.2, 0.25) is 0 Å². The fourth-order valence-corrected chi connectivity index (χ4v) is 4.86. The second-order valence-electron chi connectivity index (χ2n) is 7.12. The first-order valence-electron chi connectivity index (χ1n) is 9.53. The van der Waals surface area contributed by atoms with E-state index in [0.717, 1.165) is 0 Å². The maximum atomic E-state index is 12.9. The Bertz CT molecular complexity index is 857. The largest absolute Gasteiger partial charge is 0.497 e. The standard InChI is InChI=1S/C19H29N3O7S/c1-14-11-16(28-4)12-15(2)18(14)30(26,27)20(3)9-10-29-13-17(23)21-5-7-22(8-6-21)19(24)25/h11-12H,5-10,13H2,1-4H3,(H,24,25). The summed E-state index contributed by atoms with van der Waals surface area (Å²) in [5, 5.41) is 8.93. The number of sulfonamides is 1. The van der Waals surface area contributed by atoms with E-state index in [1.54, 1.807) is 30.9 Å². The summed E-state index contributed by atoms with van der Waals surface area (Å²) >= 11 is 0. The zero-order valence-electron chi connectivity index (χ0n) is 17.8. The van der Waals surface area contributed by atoms with Crippen molar-refractivity contribution in [2.75, 3.05) is 60.1 Å². The summed E-state index contributed by atoms with van der Waals surface area (Å²) in [6.07, 6.45) is -0.995. The molecule has 2 amide bonds. The first kappa shape index (κ1) is 23.9. The third kappa shape index (κ3) is 5.61. The van der Waals surface area contributed by atoms with Crippen molar-refractivity contribution in [3.63, 3.8) is 0 Å². The fraction of sp³-hybridized carbons (Fsp3) is 0.579. The number of amides is 2. The minimum absolute atomic E-state index is 0.0603. The van der Waals surface area contributed by atoms with Crippen LogP contribution in [0.3, 0.4) is 0 Å². The summed E-state index contributed by atoms with van der Waals surface area (Å²) in [6, 6.07) is 3.35. The molecule has 10 nitrogen and oxygen atoms in total. The predicted molar refractivity (Wildman–Crippen MR) is 109 cm³/mol. The highest BCUT2D eigenvalue weighted by Crippen LogP contribution is 2.27. The molecule has 0 bridgehead atoms. The van der Waals surface area contributed by atoms with Crippen molar-refractivity contribution in [3.8, 4) is 5.75 Å². The van der Waals surface area contributed by atoms with E-state index in [4.69, 9.17) is 14.6 Å². The van der Waals surface area contributed by atoms with Gasteiger partial charge in [-0.15, -0.1) is 0 Å². The molecule has 0 atom stereocenters. The number of likely N-dealkylation sites (N-methyl/N-ethyl adjacent to an activating group) is 1. The third-order valence-corrected chi connectivity index (χ3v) is 7.18. The van der Waals surface area contributed by atoms with Gasteiger partial charge in [-0.25, -0.2) is 13.2 Å². The van der Waals surface area contributed by atoms with Crippen LogP contribution in [0.1, 0.15) is 11.1 Å². The summed E-state index contributed by atoms with van der Waals surface area (Å²) in [5.74, 6) is 0.352. The monoisotopic (exact) mass is 443 g/mol. The molecule has 0 radical (unpaired) electrons. The Labute approximate surface area is 177 Å². The van der Waals surface area contributed by atoms with E-state index in [9.17, 15) is 18.0 Å². The fourth-order valence-electron chi connectivity index (χ4n) is 3.30. The quantitative estimate of drug-likeness (QED) is 0.590. The van der Waals surface area contributed by atoms with Crippen LogP contribution in [0.5, 0.6) is 5.75 Å². The summed E-state index contributed by atoms with van der Waals surface area (Å²) in [7, 11) is -0.725. The lowest BCUT2D eigenvalue weighted by Crippen LogP contribution is -2.51. The van der Waals surface area contributed by atoms with Crippen molar-refractivity contribution in [2.45, 2.75) is 18.7 Å². The Balaban J connectivity index is 1.85. The molecule has 1 heterocycles. The van der Waals surface area contributed by atoms with Crippen LogP contribution < -0.4 is 4.74 Å². The smallest absolute Gasteiger partial charge is 0.407 e. The molecule has 1 saturated heterocycles. The van der Waals surface area contributed by atoms with Crippen molar-refractivity contribution >= 4 is 22.0 Å². The van der Waals surface area contributed by atoms with Gasteiger partial charge in [0.1, 0.15) is 12.4 Å². The normalized spacial score (nSPS) is 14.8. The van der Waals surface area contributed by atoms with Crippen LogP contribution >= 0.6 is 0 Å². The van der Waals surface area contributed by atoms with Gasteiger partial charge in [-0.1, -0.05) is 0 Å². The van der Waals surface area contributed by atoms with Crippen molar-refractivity contribution in [2.24, 2.45) is 0 Å². The highest BCUT2D eigenvalue weighted by Gasteiger charge is 2.26. The van der Waals surface area contributed by atoms with Crippen LogP contribution in [0.4, 0.5) is 4.79 Å². The number of piperazine rings is 1. The highest BCUT2D eigenvalue weighted by molar-refractivity contribution is 7.89. The molecule has 1 aromatic rings. The van der Waals surface area contributed by atoms with Gasteiger partial charge in [0.2, 0.25) is 15.9 Å². The Hall–Kier alpha value is -2.37. The molecular formula is C19H29N3O7S. The number of rotatable bonds is 8. The van der Waals surface area contributed by atoms with E-state index in [1.165, 1.54) is 23.4 Å². The number of nitrogens with zero attached hydrogens (tertiary/aromatic N) is 3. The summed E-state index contributed by atoms with van der Waals surface area (Å²) in [5.41, 5.74) is 1.19. The SMILES string of the molecule is COc1cc(C)c(S(=O)(=O)N(C)CCOCC(=O)N2CCN(C(=O)O)CC2)c(C)c1. The molecule has 0 aromatic heterocycles. The van der Waals surface area contributed by atoms with Crippen molar-refractivity contribution in [3.05, 3.63) is 23.3 Å². The van der Waals surface area contributed by atoms with E-state index in [2.05, 4.69) is 0 Å². The number of carbonyl (C=O) groups is 2. The van der Waals surface area contributed by atoms with Crippen LogP contribution in [-0.2, 0) is 19.6 Å². The highest BCUT2D eigenvalue weighted by atomic mass is 32.2. The van der Waals surface area contributed by atoms with Crippen molar-refractivity contribution in [1.29, 1.82) is 0 Å².